The fourth-order valence-corrected chi connectivity index (χ4v) is 5.86. The van der Waals surface area contributed by atoms with Crippen LogP contribution in [0.5, 0.6) is 0 Å². The highest BCUT2D eigenvalue weighted by atomic mass is 32.1. The van der Waals surface area contributed by atoms with Gasteiger partial charge < -0.3 is 31.0 Å². The summed E-state index contributed by atoms with van der Waals surface area (Å²) in [6, 6.07) is 0.867. The molecule has 0 aromatic rings. The van der Waals surface area contributed by atoms with Crippen LogP contribution in [-0.4, -0.2) is 71.9 Å². The minimum Gasteiger partial charge on any atom is -0.374 e. The van der Waals surface area contributed by atoms with E-state index in [4.69, 9.17) is 31.0 Å². The largest absolute Gasteiger partial charge is 0.678 e. The molecule has 7 nitrogen and oxygen atoms in total. The SMILES string of the molecule is CCO[Si](CCCS)(OCC)OCC.CO[Si](OC)(OC)OC. The molecule has 142 valence electrons. The molecule has 0 aromatic heterocycles. The van der Waals surface area contributed by atoms with E-state index in [0.717, 1.165) is 18.2 Å². The summed E-state index contributed by atoms with van der Waals surface area (Å²) in [5.74, 6) is 0.849. The second-order valence-corrected chi connectivity index (χ2v) is 9.94. The van der Waals surface area contributed by atoms with Crippen LogP contribution >= 0.6 is 12.6 Å². The Morgan fingerprint density at radius 3 is 1.22 bits per heavy atom. The maximum atomic E-state index is 5.67. The molecule has 0 spiro atoms. The molecule has 0 aliphatic heterocycles. The van der Waals surface area contributed by atoms with E-state index in [2.05, 4.69) is 12.6 Å². The summed E-state index contributed by atoms with van der Waals surface area (Å²) in [5, 5.41) is 0. The van der Waals surface area contributed by atoms with Gasteiger partial charge in [0.1, 0.15) is 0 Å². The van der Waals surface area contributed by atoms with Gasteiger partial charge in [-0.3, -0.25) is 0 Å². The van der Waals surface area contributed by atoms with Crippen LogP contribution in [0.1, 0.15) is 27.2 Å². The molecular formula is C13H34O7SSi2. The molecule has 0 radical (unpaired) electrons. The predicted molar refractivity (Wildman–Crippen MR) is 97.7 cm³/mol. The summed E-state index contributed by atoms with van der Waals surface area (Å²) < 4.78 is 36.4. The lowest BCUT2D eigenvalue weighted by Crippen LogP contribution is -2.46. The number of hydrogen-bond acceptors (Lipinski definition) is 8. The molecule has 0 fully saturated rings. The molecule has 0 N–H and O–H groups in total. The first-order valence-corrected chi connectivity index (χ1v) is 11.9. The van der Waals surface area contributed by atoms with Crippen molar-refractivity contribution in [1.82, 2.24) is 0 Å². The summed E-state index contributed by atoms with van der Waals surface area (Å²) in [4.78, 5) is 0. The predicted octanol–water partition coefficient (Wildman–Crippen LogP) is 2.36. The molecular weight excluding hydrogens is 356 g/mol. The Hall–Kier alpha value is 0.504. The smallest absolute Gasteiger partial charge is 0.374 e. The molecule has 0 aliphatic carbocycles. The maximum absolute atomic E-state index is 5.67. The Kier molecular flexibility index (Phi) is 17.9. The molecule has 0 rings (SSSR count). The Bertz CT molecular complexity index is 224. The van der Waals surface area contributed by atoms with E-state index in [1.807, 2.05) is 20.8 Å². The topological polar surface area (TPSA) is 64.6 Å². The number of thiol groups is 1. The maximum Gasteiger partial charge on any atom is 0.678 e. The van der Waals surface area contributed by atoms with E-state index in [-0.39, 0.29) is 0 Å². The molecule has 0 heterocycles. The summed E-state index contributed by atoms with van der Waals surface area (Å²) in [6.07, 6.45) is 0.981. The third-order valence-corrected chi connectivity index (χ3v) is 8.20. The summed E-state index contributed by atoms with van der Waals surface area (Å²) in [5.41, 5.74) is 0. The van der Waals surface area contributed by atoms with Crippen molar-refractivity contribution in [3.63, 3.8) is 0 Å². The first-order chi connectivity index (χ1) is 11.0. The number of hydrogen-bond donors (Lipinski definition) is 1. The zero-order valence-electron chi connectivity index (χ0n) is 15.5. The molecule has 0 saturated heterocycles. The lowest BCUT2D eigenvalue weighted by atomic mass is 10.6. The normalized spacial score (nSPS) is 12.0. The standard InChI is InChI=1S/C9H22O3SSi.C4H12O4Si/c1-4-10-14(11-5-2,12-6-3)9-7-8-13;1-5-9(6-2,7-3)8-4/h13H,4-9H2,1-3H3;1-4H3. The first kappa shape index (κ1) is 25.7. The van der Waals surface area contributed by atoms with Crippen LogP contribution in [0.3, 0.4) is 0 Å². The molecule has 10 heteroatoms. The second-order valence-electron chi connectivity index (χ2n) is 4.13. The Morgan fingerprint density at radius 2 is 1.04 bits per heavy atom. The molecule has 0 amide bonds. The second kappa shape index (κ2) is 16.0. The molecule has 23 heavy (non-hydrogen) atoms. The van der Waals surface area contributed by atoms with E-state index in [9.17, 15) is 0 Å². The van der Waals surface area contributed by atoms with Crippen molar-refractivity contribution >= 4 is 30.5 Å². The van der Waals surface area contributed by atoms with E-state index < -0.39 is 17.9 Å². The Morgan fingerprint density at radius 1 is 0.696 bits per heavy atom. The van der Waals surface area contributed by atoms with Crippen LogP contribution in [0.15, 0.2) is 0 Å². The van der Waals surface area contributed by atoms with Crippen LogP contribution in [0.25, 0.3) is 0 Å². The molecule has 0 saturated carbocycles. The summed E-state index contributed by atoms with van der Waals surface area (Å²) >= 11 is 4.19. The monoisotopic (exact) mass is 390 g/mol. The molecule has 0 aliphatic rings. The van der Waals surface area contributed by atoms with Crippen LogP contribution in [0.2, 0.25) is 6.04 Å². The van der Waals surface area contributed by atoms with Gasteiger partial charge in [-0.15, -0.1) is 0 Å². The minimum atomic E-state index is -2.69. The number of rotatable bonds is 13. The van der Waals surface area contributed by atoms with Gasteiger partial charge in [-0.2, -0.15) is 12.6 Å². The molecule has 0 unspecified atom stereocenters. The Balaban J connectivity index is 0. The summed E-state index contributed by atoms with van der Waals surface area (Å²) in [6.45, 7) is 7.87. The highest BCUT2D eigenvalue weighted by molar-refractivity contribution is 7.80. The van der Waals surface area contributed by atoms with Gasteiger partial charge >= 0.3 is 17.9 Å². The van der Waals surface area contributed by atoms with E-state index in [1.165, 1.54) is 28.4 Å². The average molecular weight is 391 g/mol. The van der Waals surface area contributed by atoms with Crippen molar-refractivity contribution in [2.75, 3.05) is 54.0 Å². The van der Waals surface area contributed by atoms with Gasteiger partial charge in [0.2, 0.25) is 0 Å². The Labute approximate surface area is 149 Å². The van der Waals surface area contributed by atoms with Crippen molar-refractivity contribution in [2.24, 2.45) is 0 Å². The van der Waals surface area contributed by atoms with Crippen molar-refractivity contribution in [3.05, 3.63) is 0 Å². The van der Waals surface area contributed by atoms with Crippen molar-refractivity contribution < 1.29 is 31.0 Å². The van der Waals surface area contributed by atoms with Gasteiger partial charge in [0.15, 0.2) is 0 Å². The third kappa shape index (κ3) is 10.9. The quantitative estimate of drug-likeness (QED) is 0.382. The highest BCUT2D eigenvalue weighted by Gasteiger charge is 2.40. The van der Waals surface area contributed by atoms with Gasteiger partial charge in [-0.05, 0) is 32.9 Å². The van der Waals surface area contributed by atoms with Crippen LogP contribution in [0.4, 0.5) is 0 Å². The molecule has 0 atom stereocenters. The van der Waals surface area contributed by atoms with Gasteiger partial charge in [0.05, 0.1) is 0 Å². The molecule has 0 aromatic carbocycles. The van der Waals surface area contributed by atoms with E-state index in [0.29, 0.717) is 19.8 Å². The van der Waals surface area contributed by atoms with Crippen molar-refractivity contribution in [1.29, 1.82) is 0 Å². The van der Waals surface area contributed by atoms with Crippen LogP contribution in [0, 0.1) is 0 Å². The zero-order chi connectivity index (χ0) is 18.2. The van der Waals surface area contributed by atoms with Gasteiger partial charge in [-0.25, -0.2) is 0 Å². The van der Waals surface area contributed by atoms with Gasteiger partial charge in [0, 0.05) is 54.3 Å². The van der Waals surface area contributed by atoms with Crippen LogP contribution < -0.4 is 0 Å². The minimum absolute atomic E-state index is 0.652. The lowest BCUT2D eigenvalue weighted by molar-refractivity contribution is 0.0226. The third-order valence-electron chi connectivity index (χ3n) is 2.73. The molecule has 0 bridgehead atoms. The van der Waals surface area contributed by atoms with Gasteiger partial charge in [-0.1, -0.05) is 0 Å². The first-order valence-electron chi connectivity index (χ1n) is 7.72. The zero-order valence-corrected chi connectivity index (χ0v) is 18.4. The highest BCUT2D eigenvalue weighted by Crippen LogP contribution is 2.18. The van der Waals surface area contributed by atoms with Crippen LogP contribution in [-0.2, 0) is 31.0 Å². The van der Waals surface area contributed by atoms with Gasteiger partial charge in [0.25, 0.3) is 0 Å². The van der Waals surface area contributed by atoms with Crippen molar-refractivity contribution in [3.8, 4) is 0 Å². The summed E-state index contributed by atoms with van der Waals surface area (Å²) in [7, 11) is 0.899. The van der Waals surface area contributed by atoms with Crippen molar-refractivity contribution in [2.45, 2.75) is 33.2 Å². The fraction of sp³-hybridized carbons (Fsp3) is 1.00. The fourth-order valence-electron chi connectivity index (χ4n) is 1.80. The lowest BCUT2D eigenvalue weighted by Gasteiger charge is -2.28. The average Bonchev–Trinajstić information content (AvgIpc) is 2.57. The van der Waals surface area contributed by atoms with E-state index >= 15 is 0 Å². The van der Waals surface area contributed by atoms with E-state index in [1.54, 1.807) is 0 Å².